The number of amides is 1. The molecule has 0 radical (unpaired) electrons. The van der Waals surface area contributed by atoms with Gasteiger partial charge in [0.25, 0.3) is 5.91 Å². The van der Waals surface area contributed by atoms with Crippen LogP contribution >= 0.6 is 0 Å². The third-order valence-corrected chi connectivity index (χ3v) is 2.80. The molecule has 0 saturated heterocycles. The van der Waals surface area contributed by atoms with Gasteiger partial charge in [0.2, 0.25) is 5.82 Å². The number of aromatic nitrogens is 3. The molecular weight excluding hydrogens is 211 g/mol. The van der Waals surface area contributed by atoms with Gasteiger partial charge < -0.3 is 5.32 Å². The van der Waals surface area contributed by atoms with Crippen LogP contribution in [0.2, 0.25) is 0 Å². The van der Waals surface area contributed by atoms with Gasteiger partial charge in [0, 0.05) is 7.05 Å². The average Bonchev–Trinajstić information content (AvgIpc) is 2.68. The van der Waals surface area contributed by atoms with Crippen molar-refractivity contribution in [3.63, 3.8) is 0 Å². The van der Waals surface area contributed by atoms with Crippen molar-refractivity contribution in [3.05, 3.63) is 12.2 Å². The summed E-state index contributed by atoms with van der Waals surface area (Å²) in [7, 11) is 1.68. The summed E-state index contributed by atoms with van der Waals surface area (Å²) in [4.78, 5) is 15.5. The zero-order valence-electron chi connectivity index (χ0n) is 9.19. The number of nitrogens with zero attached hydrogens (tertiary/aromatic N) is 3. The minimum absolute atomic E-state index is 0.0975. The molecule has 1 aliphatic rings. The molecule has 1 amide bonds. The fourth-order valence-corrected chi connectivity index (χ4v) is 1.92. The zero-order chi connectivity index (χ0) is 11.5. The van der Waals surface area contributed by atoms with Crippen LogP contribution in [0.3, 0.4) is 0 Å². The smallest absolute Gasteiger partial charge is 0.291 e. The molecule has 0 aliphatic heterocycles. The van der Waals surface area contributed by atoms with Crippen molar-refractivity contribution in [2.24, 2.45) is 7.05 Å². The lowest BCUT2D eigenvalue weighted by Gasteiger charge is -2.26. The maximum atomic E-state index is 13.5. The van der Waals surface area contributed by atoms with Crippen LogP contribution in [0, 0.1) is 0 Å². The van der Waals surface area contributed by atoms with Gasteiger partial charge in [-0.2, -0.15) is 0 Å². The Morgan fingerprint density at radius 3 is 2.94 bits per heavy atom. The number of halogens is 1. The first-order chi connectivity index (χ1) is 7.66. The summed E-state index contributed by atoms with van der Waals surface area (Å²) < 4.78 is 14.9. The third kappa shape index (κ3) is 2.37. The summed E-state index contributed by atoms with van der Waals surface area (Å²) in [6.07, 6.45) is 3.58. The van der Waals surface area contributed by atoms with E-state index in [1.165, 1.54) is 11.0 Å². The second-order valence-electron chi connectivity index (χ2n) is 4.12. The normalized spacial score (nSPS) is 25.4. The molecule has 88 valence electrons. The Balaban J connectivity index is 1.96. The molecule has 16 heavy (non-hydrogen) atoms. The van der Waals surface area contributed by atoms with Gasteiger partial charge in [0.1, 0.15) is 12.5 Å². The molecule has 1 N–H and O–H groups in total. The maximum Gasteiger partial charge on any atom is 0.291 e. The summed E-state index contributed by atoms with van der Waals surface area (Å²) in [5, 5.41) is 6.52. The Bertz CT molecular complexity index is 379. The lowest BCUT2D eigenvalue weighted by atomic mass is 9.93. The molecule has 1 aliphatic carbocycles. The second-order valence-corrected chi connectivity index (χ2v) is 4.12. The van der Waals surface area contributed by atoms with E-state index >= 15 is 0 Å². The summed E-state index contributed by atoms with van der Waals surface area (Å²) in [5.74, 6) is -0.296. The Labute approximate surface area is 93.0 Å². The quantitative estimate of drug-likeness (QED) is 0.812. The largest absolute Gasteiger partial charge is 0.344 e. The van der Waals surface area contributed by atoms with E-state index in [-0.39, 0.29) is 11.9 Å². The number of nitrogens with one attached hydrogen (secondary N) is 1. The highest BCUT2D eigenvalue weighted by atomic mass is 19.1. The Morgan fingerprint density at radius 1 is 1.56 bits per heavy atom. The fraction of sp³-hybridized carbons (Fsp3) is 0.700. The first-order valence-corrected chi connectivity index (χ1v) is 5.47. The van der Waals surface area contributed by atoms with Crippen molar-refractivity contribution in [1.82, 2.24) is 20.1 Å². The van der Waals surface area contributed by atoms with E-state index in [1.54, 1.807) is 7.05 Å². The number of aryl methyl sites for hydroxylation is 1. The Kier molecular flexibility index (Phi) is 3.17. The maximum absolute atomic E-state index is 13.5. The predicted octanol–water partition coefficient (Wildman–Crippen LogP) is 0.826. The van der Waals surface area contributed by atoms with E-state index in [9.17, 15) is 9.18 Å². The molecule has 2 rings (SSSR count). The van der Waals surface area contributed by atoms with E-state index in [0.717, 1.165) is 12.8 Å². The first-order valence-electron chi connectivity index (χ1n) is 5.47. The molecule has 2 atom stereocenters. The first kappa shape index (κ1) is 11.0. The predicted molar refractivity (Wildman–Crippen MR) is 55.6 cm³/mol. The molecule has 6 heteroatoms. The monoisotopic (exact) mass is 226 g/mol. The molecule has 1 aromatic rings. The van der Waals surface area contributed by atoms with E-state index in [2.05, 4.69) is 15.4 Å². The molecule has 0 bridgehead atoms. The summed E-state index contributed by atoms with van der Waals surface area (Å²) in [6.45, 7) is 0. The highest BCUT2D eigenvalue weighted by Gasteiger charge is 2.27. The van der Waals surface area contributed by atoms with Crippen LogP contribution in [0.25, 0.3) is 0 Å². The molecule has 1 aromatic heterocycles. The summed E-state index contributed by atoms with van der Waals surface area (Å²) in [6, 6.07) is -0.384. The van der Waals surface area contributed by atoms with Crippen molar-refractivity contribution in [2.75, 3.05) is 0 Å². The molecule has 5 nitrogen and oxygen atoms in total. The second kappa shape index (κ2) is 4.59. The van der Waals surface area contributed by atoms with Gasteiger partial charge in [-0.05, 0) is 12.8 Å². The van der Waals surface area contributed by atoms with Gasteiger partial charge in [-0.3, -0.25) is 9.48 Å². The highest BCUT2D eigenvalue weighted by Crippen LogP contribution is 2.21. The number of hydrogen-bond donors (Lipinski definition) is 1. The SMILES string of the molecule is Cn1cnc(C(=O)N[C@H]2CCCC[C@@H]2F)n1. The van der Waals surface area contributed by atoms with Crippen molar-refractivity contribution in [3.8, 4) is 0 Å². The van der Waals surface area contributed by atoms with Gasteiger partial charge in [-0.15, -0.1) is 5.10 Å². The van der Waals surface area contributed by atoms with Crippen LogP contribution in [0.5, 0.6) is 0 Å². The van der Waals surface area contributed by atoms with Crippen LogP contribution in [0.1, 0.15) is 36.3 Å². The van der Waals surface area contributed by atoms with Gasteiger partial charge in [0.05, 0.1) is 6.04 Å². The van der Waals surface area contributed by atoms with Gasteiger partial charge >= 0.3 is 0 Å². The van der Waals surface area contributed by atoms with Gasteiger partial charge in [0.15, 0.2) is 0 Å². The number of carbonyl (C=O) groups is 1. The van der Waals surface area contributed by atoms with Crippen LogP contribution in [0.15, 0.2) is 6.33 Å². The molecule has 1 fully saturated rings. The van der Waals surface area contributed by atoms with E-state index in [0.29, 0.717) is 12.8 Å². The lowest BCUT2D eigenvalue weighted by Crippen LogP contribution is -2.43. The zero-order valence-corrected chi connectivity index (χ0v) is 9.19. The minimum atomic E-state index is -0.943. The van der Waals surface area contributed by atoms with Crippen LogP contribution in [-0.4, -0.2) is 32.9 Å². The average molecular weight is 226 g/mol. The summed E-state index contributed by atoms with van der Waals surface area (Å²) >= 11 is 0. The standard InChI is InChI=1S/C10H15FN4O/c1-15-6-12-9(14-15)10(16)13-8-5-3-2-4-7(8)11/h6-8H,2-5H2,1H3,(H,13,16)/t7-,8-/m0/s1. The highest BCUT2D eigenvalue weighted by molar-refractivity contribution is 5.90. The molecule has 0 spiro atoms. The molecular formula is C10H15FN4O. The van der Waals surface area contributed by atoms with Crippen molar-refractivity contribution in [1.29, 1.82) is 0 Å². The minimum Gasteiger partial charge on any atom is -0.344 e. The van der Waals surface area contributed by atoms with Crippen LogP contribution < -0.4 is 5.32 Å². The number of carbonyl (C=O) groups excluding carboxylic acids is 1. The molecule has 0 unspecified atom stereocenters. The molecule has 0 aromatic carbocycles. The van der Waals surface area contributed by atoms with Crippen LogP contribution in [-0.2, 0) is 7.05 Å². The Morgan fingerprint density at radius 2 is 2.31 bits per heavy atom. The van der Waals surface area contributed by atoms with Crippen molar-refractivity contribution >= 4 is 5.91 Å². The van der Waals surface area contributed by atoms with E-state index in [1.807, 2.05) is 0 Å². The lowest BCUT2D eigenvalue weighted by molar-refractivity contribution is 0.0873. The van der Waals surface area contributed by atoms with E-state index < -0.39 is 12.1 Å². The number of rotatable bonds is 2. The Hall–Kier alpha value is -1.46. The molecule has 1 saturated carbocycles. The van der Waals surface area contributed by atoms with Crippen LogP contribution in [0.4, 0.5) is 4.39 Å². The van der Waals surface area contributed by atoms with Gasteiger partial charge in [-0.1, -0.05) is 12.8 Å². The number of alkyl halides is 1. The van der Waals surface area contributed by atoms with Gasteiger partial charge in [-0.25, -0.2) is 9.37 Å². The third-order valence-electron chi connectivity index (χ3n) is 2.80. The van der Waals surface area contributed by atoms with Crippen molar-refractivity contribution in [2.45, 2.75) is 37.9 Å². The fourth-order valence-electron chi connectivity index (χ4n) is 1.92. The topological polar surface area (TPSA) is 59.8 Å². The summed E-state index contributed by atoms with van der Waals surface area (Å²) in [5.41, 5.74) is 0. The van der Waals surface area contributed by atoms with E-state index in [4.69, 9.17) is 0 Å². The number of hydrogen-bond acceptors (Lipinski definition) is 3. The van der Waals surface area contributed by atoms with Crippen molar-refractivity contribution < 1.29 is 9.18 Å². The molecule has 1 heterocycles.